The van der Waals surface area contributed by atoms with Crippen LogP contribution in [0.25, 0.3) is 20.7 Å². The van der Waals surface area contributed by atoms with Crippen LogP contribution in [-0.2, 0) is 0 Å². The number of hydrogen-bond donors (Lipinski definition) is 1. The van der Waals surface area contributed by atoms with Crippen LogP contribution in [0.2, 0.25) is 0 Å². The van der Waals surface area contributed by atoms with Crippen LogP contribution in [0.1, 0.15) is 5.82 Å². The molecule has 0 saturated carbocycles. The van der Waals surface area contributed by atoms with Gasteiger partial charge in [0.1, 0.15) is 16.5 Å². The first-order valence-corrected chi connectivity index (χ1v) is 9.17. The first-order valence-electron chi connectivity index (χ1n) is 7.56. The van der Waals surface area contributed by atoms with Gasteiger partial charge in [0.15, 0.2) is 0 Å². The number of nitrogens with zero attached hydrogens (tertiary/aromatic N) is 2. The lowest BCUT2D eigenvalue weighted by molar-refractivity contribution is 1.10. The summed E-state index contributed by atoms with van der Waals surface area (Å²) in [7, 11) is 0. The highest BCUT2D eigenvalue weighted by molar-refractivity contribution is 9.10. The fourth-order valence-corrected chi connectivity index (χ4v) is 4.02. The minimum absolute atomic E-state index is 0.763. The molecule has 1 N–H and O–H groups in total. The van der Waals surface area contributed by atoms with Crippen molar-refractivity contribution >= 4 is 49.0 Å². The van der Waals surface area contributed by atoms with Crippen molar-refractivity contribution in [3.05, 3.63) is 71.0 Å². The van der Waals surface area contributed by atoms with Crippen LogP contribution in [0.3, 0.4) is 0 Å². The largest absolute Gasteiger partial charge is 0.339 e. The Hall–Kier alpha value is -2.24. The molecule has 2 aromatic carbocycles. The summed E-state index contributed by atoms with van der Waals surface area (Å²) in [6, 6.07) is 20.6. The molecule has 3 nitrogen and oxygen atoms in total. The van der Waals surface area contributed by atoms with Gasteiger partial charge in [0.25, 0.3) is 0 Å². The van der Waals surface area contributed by atoms with Crippen molar-refractivity contribution in [3.63, 3.8) is 0 Å². The Kier molecular flexibility index (Phi) is 4.04. The minimum Gasteiger partial charge on any atom is -0.339 e. The van der Waals surface area contributed by atoms with Crippen LogP contribution >= 0.6 is 27.3 Å². The molecule has 2 aromatic heterocycles. The molecule has 0 aliphatic heterocycles. The second-order valence-corrected chi connectivity index (χ2v) is 7.30. The maximum atomic E-state index is 4.61. The highest BCUT2D eigenvalue weighted by atomic mass is 79.9. The van der Waals surface area contributed by atoms with E-state index in [-0.39, 0.29) is 0 Å². The second-order valence-electron chi connectivity index (χ2n) is 5.42. The zero-order chi connectivity index (χ0) is 16.5. The Bertz CT molecular complexity index is 1010. The van der Waals surface area contributed by atoms with Crippen LogP contribution in [0.15, 0.2) is 65.1 Å². The Morgan fingerprint density at radius 1 is 0.958 bits per heavy atom. The minimum atomic E-state index is 0.763. The molecule has 0 spiro atoms. The summed E-state index contributed by atoms with van der Waals surface area (Å²) in [6.07, 6.45) is 0. The molecule has 0 unspecified atom stereocenters. The van der Waals surface area contributed by atoms with Gasteiger partial charge in [0.05, 0.1) is 11.1 Å². The Balaban J connectivity index is 1.83. The monoisotopic (exact) mass is 395 g/mol. The maximum absolute atomic E-state index is 4.61. The van der Waals surface area contributed by atoms with Crippen molar-refractivity contribution in [2.75, 3.05) is 5.32 Å². The average Bonchev–Trinajstić information content (AvgIpc) is 3.02. The number of fused-ring (bicyclic) bond motifs is 1. The Morgan fingerprint density at radius 2 is 1.71 bits per heavy atom. The Labute approximate surface area is 152 Å². The van der Waals surface area contributed by atoms with Gasteiger partial charge in [-0.25, -0.2) is 9.97 Å². The van der Waals surface area contributed by atoms with Crippen LogP contribution in [-0.4, -0.2) is 9.97 Å². The van der Waals surface area contributed by atoms with Gasteiger partial charge in [-0.2, -0.15) is 0 Å². The molecule has 2 heterocycles. The van der Waals surface area contributed by atoms with Gasteiger partial charge in [-0.1, -0.05) is 42.5 Å². The molecule has 0 fully saturated rings. The van der Waals surface area contributed by atoms with E-state index in [0.29, 0.717) is 0 Å². The molecule has 4 rings (SSSR count). The lowest BCUT2D eigenvalue weighted by atomic mass is 10.2. The summed E-state index contributed by atoms with van der Waals surface area (Å²) in [4.78, 5) is 11.4. The third-order valence-electron chi connectivity index (χ3n) is 3.69. The molecule has 118 valence electrons. The van der Waals surface area contributed by atoms with Gasteiger partial charge < -0.3 is 5.32 Å². The summed E-state index contributed by atoms with van der Waals surface area (Å²) in [5, 5.41) is 4.47. The van der Waals surface area contributed by atoms with Gasteiger partial charge in [-0.05, 0) is 46.6 Å². The first kappa shape index (κ1) is 15.3. The van der Waals surface area contributed by atoms with E-state index in [4.69, 9.17) is 0 Å². The smallest absolute Gasteiger partial charge is 0.142 e. The second kappa shape index (κ2) is 6.34. The fraction of sp³-hybridized carbons (Fsp3) is 0.0526. The molecular formula is C19H14BrN3S. The normalized spacial score (nSPS) is 10.9. The summed E-state index contributed by atoms with van der Waals surface area (Å²) >= 11 is 5.27. The predicted octanol–water partition coefficient (Wildman–Crippen LogP) is 6.17. The van der Waals surface area contributed by atoms with Crippen LogP contribution in [0.4, 0.5) is 11.5 Å². The Morgan fingerprint density at radius 3 is 2.50 bits per heavy atom. The molecule has 0 amide bonds. The zero-order valence-electron chi connectivity index (χ0n) is 13.0. The van der Waals surface area contributed by atoms with E-state index < -0.39 is 0 Å². The number of halogens is 1. The standard InChI is InChI=1S/C19H14BrN3S/c1-12-21-18(23-16-10-6-5-9-15(16)20)14-11-17(24-19(14)22-12)13-7-3-2-4-8-13/h2-11H,1H3,(H,21,22,23). The number of thiophene rings is 1. The number of aryl methyl sites for hydroxylation is 1. The van der Waals surface area contributed by atoms with Crippen LogP contribution in [0, 0.1) is 6.92 Å². The third kappa shape index (κ3) is 2.92. The van der Waals surface area contributed by atoms with E-state index >= 15 is 0 Å². The van der Waals surface area contributed by atoms with Crippen LogP contribution < -0.4 is 5.32 Å². The summed E-state index contributed by atoms with van der Waals surface area (Å²) < 4.78 is 1.01. The van der Waals surface area contributed by atoms with Crippen molar-refractivity contribution in [3.8, 4) is 10.4 Å². The summed E-state index contributed by atoms with van der Waals surface area (Å²) in [5.41, 5.74) is 2.19. The lowest BCUT2D eigenvalue weighted by Crippen LogP contribution is -1.98. The highest BCUT2D eigenvalue weighted by Crippen LogP contribution is 2.36. The van der Waals surface area contributed by atoms with E-state index in [0.717, 1.165) is 32.0 Å². The molecule has 0 radical (unpaired) electrons. The number of rotatable bonds is 3. The van der Waals surface area contributed by atoms with Gasteiger partial charge in [0, 0.05) is 9.35 Å². The fourth-order valence-electron chi connectivity index (χ4n) is 2.56. The van der Waals surface area contributed by atoms with Gasteiger partial charge in [-0.15, -0.1) is 11.3 Å². The molecule has 4 aromatic rings. The average molecular weight is 396 g/mol. The molecule has 24 heavy (non-hydrogen) atoms. The number of benzene rings is 2. The van der Waals surface area contributed by atoms with E-state index in [2.05, 4.69) is 61.5 Å². The number of aromatic nitrogens is 2. The van der Waals surface area contributed by atoms with Crippen molar-refractivity contribution < 1.29 is 0 Å². The zero-order valence-corrected chi connectivity index (χ0v) is 15.4. The van der Waals surface area contributed by atoms with Gasteiger partial charge >= 0.3 is 0 Å². The van der Waals surface area contributed by atoms with E-state index in [1.54, 1.807) is 11.3 Å². The van der Waals surface area contributed by atoms with Crippen LogP contribution in [0.5, 0.6) is 0 Å². The molecule has 0 saturated heterocycles. The molecule has 0 aliphatic rings. The number of para-hydroxylation sites is 1. The number of hydrogen-bond acceptors (Lipinski definition) is 4. The lowest BCUT2D eigenvalue weighted by Gasteiger charge is -2.09. The summed E-state index contributed by atoms with van der Waals surface area (Å²) in [5.74, 6) is 1.60. The topological polar surface area (TPSA) is 37.8 Å². The van der Waals surface area contributed by atoms with Crippen molar-refractivity contribution in [2.45, 2.75) is 6.92 Å². The maximum Gasteiger partial charge on any atom is 0.142 e. The number of anilines is 2. The number of nitrogens with one attached hydrogen (secondary N) is 1. The van der Waals surface area contributed by atoms with Gasteiger partial charge in [-0.3, -0.25) is 0 Å². The highest BCUT2D eigenvalue weighted by Gasteiger charge is 2.12. The quantitative estimate of drug-likeness (QED) is 0.450. The SMILES string of the molecule is Cc1nc(Nc2ccccc2Br)c2cc(-c3ccccc3)sc2n1. The van der Waals surface area contributed by atoms with E-state index in [1.165, 1.54) is 10.4 Å². The van der Waals surface area contributed by atoms with Crippen molar-refractivity contribution in [2.24, 2.45) is 0 Å². The van der Waals surface area contributed by atoms with Crippen molar-refractivity contribution in [1.29, 1.82) is 0 Å². The predicted molar refractivity (Wildman–Crippen MR) is 105 cm³/mol. The van der Waals surface area contributed by atoms with Gasteiger partial charge in [0.2, 0.25) is 0 Å². The molecule has 5 heteroatoms. The van der Waals surface area contributed by atoms with E-state index in [9.17, 15) is 0 Å². The third-order valence-corrected chi connectivity index (χ3v) is 5.46. The molecule has 0 aliphatic carbocycles. The first-order chi connectivity index (χ1) is 11.7. The summed E-state index contributed by atoms with van der Waals surface area (Å²) in [6.45, 7) is 1.92. The van der Waals surface area contributed by atoms with E-state index in [1.807, 2.05) is 37.3 Å². The molecular weight excluding hydrogens is 382 g/mol. The molecule has 0 atom stereocenters. The van der Waals surface area contributed by atoms with Crippen molar-refractivity contribution in [1.82, 2.24) is 9.97 Å². The molecule has 0 bridgehead atoms.